The van der Waals surface area contributed by atoms with E-state index in [1.807, 2.05) is 0 Å². The van der Waals surface area contributed by atoms with Gasteiger partial charge in [0.25, 0.3) is 0 Å². The fourth-order valence-corrected chi connectivity index (χ4v) is 1.42. The molecule has 0 heterocycles. The van der Waals surface area contributed by atoms with Crippen molar-refractivity contribution in [2.45, 2.75) is 12.2 Å². The molecule has 1 aromatic carbocycles. The molecule has 0 amide bonds. The molecule has 0 unspecified atom stereocenters. The molecule has 0 aliphatic carbocycles. The van der Waals surface area contributed by atoms with Crippen molar-refractivity contribution in [1.29, 1.82) is 0 Å². The second-order valence-electron chi connectivity index (χ2n) is 3.14. The largest absolute Gasteiger partial charge is 0.480 e. The van der Waals surface area contributed by atoms with Crippen molar-refractivity contribution in [1.82, 2.24) is 5.32 Å². The van der Waals surface area contributed by atoms with Crippen molar-refractivity contribution in [3.63, 3.8) is 0 Å². The van der Waals surface area contributed by atoms with Crippen molar-refractivity contribution in [2.24, 2.45) is 0 Å². The first-order valence-electron chi connectivity index (χ1n) is 4.44. The number of carboxylic acid groups (broad SMARTS) is 1. The van der Waals surface area contributed by atoms with E-state index in [1.54, 1.807) is 0 Å². The van der Waals surface area contributed by atoms with E-state index in [0.29, 0.717) is 0 Å². The molecule has 0 bridgehead atoms. The lowest BCUT2D eigenvalue weighted by atomic mass is 10.00. The van der Waals surface area contributed by atoms with E-state index in [4.69, 9.17) is 5.11 Å². The van der Waals surface area contributed by atoms with E-state index in [1.165, 1.54) is 19.2 Å². The molecule has 1 rings (SSSR count). The number of alkyl halides is 3. The van der Waals surface area contributed by atoms with Gasteiger partial charge in [-0.3, -0.25) is 4.79 Å². The topological polar surface area (TPSA) is 49.3 Å². The minimum absolute atomic E-state index is 0.287. The third-order valence-electron chi connectivity index (χ3n) is 2.11. The molecule has 6 heteroatoms. The third-order valence-corrected chi connectivity index (χ3v) is 2.11. The van der Waals surface area contributed by atoms with Crippen LogP contribution in [0.15, 0.2) is 24.3 Å². The molecular weight excluding hydrogens is 223 g/mol. The fourth-order valence-electron chi connectivity index (χ4n) is 1.42. The number of hydrogen-bond donors (Lipinski definition) is 2. The predicted octanol–water partition coefficient (Wildman–Crippen LogP) is 2.05. The van der Waals surface area contributed by atoms with Gasteiger partial charge in [0.1, 0.15) is 6.04 Å². The summed E-state index contributed by atoms with van der Waals surface area (Å²) in [6.07, 6.45) is -4.55. The Bertz CT molecular complexity index is 390. The van der Waals surface area contributed by atoms with E-state index in [-0.39, 0.29) is 5.56 Å². The Balaban J connectivity index is 3.27. The zero-order valence-corrected chi connectivity index (χ0v) is 8.38. The minimum Gasteiger partial charge on any atom is -0.480 e. The van der Waals surface area contributed by atoms with Crippen LogP contribution in [-0.4, -0.2) is 18.1 Å². The van der Waals surface area contributed by atoms with Crippen LogP contribution in [0.5, 0.6) is 0 Å². The number of halogens is 3. The SMILES string of the molecule is CN[C@H](C(=O)O)c1ccccc1C(F)(F)F. The van der Waals surface area contributed by atoms with E-state index in [2.05, 4.69) is 5.32 Å². The zero-order chi connectivity index (χ0) is 12.3. The molecule has 0 aromatic heterocycles. The summed E-state index contributed by atoms with van der Waals surface area (Å²) in [7, 11) is 1.30. The second kappa shape index (κ2) is 4.52. The minimum atomic E-state index is -4.55. The second-order valence-corrected chi connectivity index (χ2v) is 3.14. The highest BCUT2D eigenvalue weighted by Crippen LogP contribution is 2.34. The van der Waals surface area contributed by atoms with Crippen LogP contribution in [0, 0.1) is 0 Å². The third kappa shape index (κ3) is 2.52. The number of benzene rings is 1. The highest BCUT2D eigenvalue weighted by atomic mass is 19.4. The first-order chi connectivity index (χ1) is 7.38. The van der Waals surface area contributed by atoms with Crippen LogP contribution in [-0.2, 0) is 11.0 Å². The van der Waals surface area contributed by atoms with Gasteiger partial charge in [0.15, 0.2) is 0 Å². The molecule has 1 aromatic rings. The smallest absolute Gasteiger partial charge is 0.416 e. The lowest BCUT2D eigenvalue weighted by molar-refractivity contribution is -0.142. The summed E-state index contributed by atoms with van der Waals surface area (Å²) in [5, 5.41) is 11.1. The van der Waals surface area contributed by atoms with Gasteiger partial charge in [-0.2, -0.15) is 13.2 Å². The lowest BCUT2D eigenvalue weighted by Gasteiger charge is -2.17. The molecule has 2 N–H and O–H groups in total. The molecule has 0 saturated carbocycles. The maximum absolute atomic E-state index is 12.6. The van der Waals surface area contributed by atoms with Gasteiger partial charge in [0, 0.05) is 0 Å². The van der Waals surface area contributed by atoms with Crippen LogP contribution in [0.3, 0.4) is 0 Å². The summed E-state index contributed by atoms with van der Waals surface area (Å²) < 4.78 is 37.8. The molecule has 0 fully saturated rings. The van der Waals surface area contributed by atoms with Gasteiger partial charge in [-0.15, -0.1) is 0 Å². The number of carbonyl (C=O) groups is 1. The summed E-state index contributed by atoms with van der Waals surface area (Å²) in [5.41, 5.74) is -1.22. The molecule has 0 aliphatic rings. The average molecular weight is 233 g/mol. The summed E-state index contributed by atoms with van der Waals surface area (Å²) in [5.74, 6) is -1.35. The summed E-state index contributed by atoms with van der Waals surface area (Å²) >= 11 is 0. The van der Waals surface area contributed by atoms with Crippen LogP contribution in [0.1, 0.15) is 17.2 Å². The van der Waals surface area contributed by atoms with Crippen molar-refractivity contribution < 1.29 is 23.1 Å². The van der Waals surface area contributed by atoms with E-state index in [0.717, 1.165) is 12.1 Å². The number of rotatable bonds is 3. The van der Waals surface area contributed by atoms with Gasteiger partial charge in [-0.05, 0) is 18.7 Å². The van der Waals surface area contributed by atoms with E-state index < -0.39 is 23.8 Å². The monoisotopic (exact) mass is 233 g/mol. The Morgan fingerprint density at radius 1 is 1.38 bits per heavy atom. The molecular formula is C10H10F3NO2. The van der Waals surface area contributed by atoms with Crippen molar-refractivity contribution in [2.75, 3.05) is 7.05 Å². The molecule has 0 radical (unpaired) electrons. The first-order valence-corrected chi connectivity index (χ1v) is 4.44. The first kappa shape index (κ1) is 12.5. The molecule has 16 heavy (non-hydrogen) atoms. The van der Waals surface area contributed by atoms with Crippen LogP contribution in [0.25, 0.3) is 0 Å². The number of hydrogen-bond acceptors (Lipinski definition) is 2. The molecule has 0 saturated heterocycles. The van der Waals surface area contributed by atoms with Gasteiger partial charge in [-0.25, -0.2) is 0 Å². The van der Waals surface area contributed by atoms with Crippen LogP contribution in [0.4, 0.5) is 13.2 Å². The van der Waals surface area contributed by atoms with E-state index >= 15 is 0 Å². The van der Waals surface area contributed by atoms with Crippen molar-refractivity contribution in [3.8, 4) is 0 Å². The van der Waals surface area contributed by atoms with Crippen LogP contribution in [0.2, 0.25) is 0 Å². The van der Waals surface area contributed by atoms with Gasteiger partial charge < -0.3 is 10.4 Å². The highest BCUT2D eigenvalue weighted by Gasteiger charge is 2.36. The number of nitrogens with one attached hydrogen (secondary N) is 1. The molecule has 0 aliphatic heterocycles. The van der Waals surface area contributed by atoms with E-state index in [9.17, 15) is 18.0 Å². The number of carboxylic acids is 1. The maximum atomic E-state index is 12.6. The Morgan fingerprint density at radius 2 is 1.94 bits per heavy atom. The van der Waals surface area contributed by atoms with Gasteiger partial charge in [-0.1, -0.05) is 18.2 Å². The summed E-state index contributed by atoms with van der Waals surface area (Å²) in [6.45, 7) is 0. The van der Waals surface area contributed by atoms with Gasteiger partial charge in [0.05, 0.1) is 5.56 Å². The maximum Gasteiger partial charge on any atom is 0.416 e. The Morgan fingerprint density at radius 3 is 2.38 bits per heavy atom. The Kier molecular flexibility index (Phi) is 3.54. The number of likely N-dealkylation sites (N-methyl/N-ethyl adjacent to an activating group) is 1. The fraction of sp³-hybridized carbons (Fsp3) is 0.300. The van der Waals surface area contributed by atoms with Crippen molar-refractivity contribution >= 4 is 5.97 Å². The highest BCUT2D eigenvalue weighted by molar-refractivity contribution is 5.76. The Hall–Kier alpha value is -1.56. The standard InChI is InChI=1S/C10H10F3NO2/c1-14-8(9(15)16)6-4-2-3-5-7(6)10(11,12)13/h2-5,8,14H,1H3,(H,15,16)/t8-/m0/s1. The quantitative estimate of drug-likeness (QED) is 0.840. The summed E-state index contributed by atoms with van der Waals surface area (Å²) in [6, 6.07) is 3.25. The van der Waals surface area contributed by atoms with Crippen LogP contribution >= 0.6 is 0 Å². The zero-order valence-electron chi connectivity index (χ0n) is 8.38. The molecule has 1 atom stereocenters. The number of aliphatic carboxylic acids is 1. The molecule has 3 nitrogen and oxygen atoms in total. The normalized spacial score (nSPS) is 13.5. The predicted molar refractivity (Wildman–Crippen MR) is 50.9 cm³/mol. The van der Waals surface area contributed by atoms with Crippen molar-refractivity contribution in [3.05, 3.63) is 35.4 Å². The average Bonchev–Trinajstić information content (AvgIpc) is 2.17. The Labute approximate surface area is 89.9 Å². The van der Waals surface area contributed by atoms with Crippen LogP contribution < -0.4 is 5.32 Å². The van der Waals surface area contributed by atoms with Gasteiger partial charge in [0.2, 0.25) is 0 Å². The van der Waals surface area contributed by atoms with Gasteiger partial charge >= 0.3 is 12.1 Å². The molecule has 0 spiro atoms. The molecule has 88 valence electrons. The lowest BCUT2D eigenvalue weighted by Crippen LogP contribution is -2.27. The summed E-state index contributed by atoms with van der Waals surface area (Å²) in [4.78, 5) is 10.8.